The highest BCUT2D eigenvalue weighted by molar-refractivity contribution is 7.89. The number of rotatable bonds is 6. The van der Waals surface area contributed by atoms with Gasteiger partial charge in [0.1, 0.15) is 20.1 Å². The van der Waals surface area contributed by atoms with Crippen LogP contribution in [0.1, 0.15) is 101 Å². The molecule has 0 unspecified atom stereocenters. The molecule has 2 fully saturated rings. The Hall–Kier alpha value is -0.565. The zero-order valence-corrected chi connectivity index (χ0v) is 22.9. The third kappa shape index (κ3) is 7.74. The molecule has 6 atom stereocenters. The summed E-state index contributed by atoms with van der Waals surface area (Å²) in [5, 5.41) is -0.481. The van der Waals surface area contributed by atoms with Crippen molar-refractivity contribution in [1.29, 1.82) is 0 Å². The Morgan fingerprint density at radius 1 is 0.750 bits per heavy atom. The molecule has 183 valence electrons. The molecule has 0 spiro atoms. The fourth-order valence-corrected chi connectivity index (χ4v) is 7.21. The fraction of sp³-hybridized carbons (Fsp3) is 0.923. The van der Waals surface area contributed by atoms with Crippen LogP contribution in [0, 0.1) is 35.5 Å². The van der Waals surface area contributed by atoms with Gasteiger partial charge in [-0.1, -0.05) is 75.2 Å². The number of hydrogen-bond donors (Lipinski definition) is 0. The maximum Gasteiger partial charge on any atom is 0.338 e. The minimum absolute atomic E-state index is 0. The van der Waals surface area contributed by atoms with E-state index in [1.165, 1.54) is 12.8 Å². The molecule has 2 rings (SSSR count). The second-order valence-corrected chi connectivity index (χ2v) is 14.7. The molecule has 0 saturated heterocycles. The van der Waals surface area contributed by atoms with Crippen LogP contribution in [0.4, 0.5) is 9.59 Å². The van der Waals surface area contributed by atoms with E-state index in [2.05, 4.69) is 41.5 Å². The van der Waals surface area contributed by atoms with Crippen LogP contribution < -0.4 is 0 Å². The van der Waals surface area contributed by atoms with Crippen molar-refractivity contribution >= 4 is 27.8 Å². The van der Waals surface area contributed by atoms with Crippen LogP contribution >= 0.6 is 7.92 Å². The van der Waals surface area contributed by atoms with Gasteiger partial charge in [-0.2, -0.15) is 0 Å². The van der Waals surface area contributed by atoms with Crippen molar-refractivity contribution in [1.82, 2.24) is 0 Å². The van der Waals surface area contributed by atoms with E-state index in [1.807, 2.05) is 20.8 Å². The maximum atomic E-state index is 13.4. The topological polar surface area (TPSA) is 52.6 Å². The first kappa shape index (κ1) is 29.5. The Morgan fingerprint density at radius 2 is 1.09 bits per heavy atom. The summed E-state index contributed by atoms with van der Waals surface area (Å²) in [5.74, 6) is 2.78. The molecule has 3 radical (unpaired) electrons. The van der Waals surface area contributed by atoms with Crippen molar-refractivity contribution in [3.8, 4) is 0 Å². The average Bonchev–Trinajstić information content (AvgIpc) is 2.59. The monoisotopic (exact) mass is 465 g/mol. The van der Waals surface area contributed by atoms with Gasteiger partial charge in [-0.05, 0) is 61.2 Å². The molecule has 2 saturated carbocycles. The van der Waals surface area contributed by atoms with Crippen molar-refractivity contribution in [3.63, 3.8) is 0 Å². The van der Waals surface area contributed by atoms with Crippen LogP contribution in [0.2, 0.25) is 0 Å². The van der Waals surface area contributed by atoms with Crippen LogP contribution in [0.3, 0.4) is 0 Å². The van der Waals surface area contributed by atoms with E-state index >= 15 is 0 Å². The summed E-state index contributed by atoms with van der Waals surface area (Å²) >= 11 is 0. The predicted octanol–water partition coefficient (Wildman–Crippen LogP) is 8.08. The number of carbonyl (C=O) groups is 2. The molecule has 0 bridgehead atoms. The van der Waals surface area contributed by atoms with Crippen LogP contribution in [0.15, 0.2) is 0 Å². The average molecular weight is 465 g/mol. The van der Waals surface area contributed by atoms with Crippen molar-refractivity contribution in [2.45, 2.75) is 118 Å². The lowest BCUT2D eigenvalue weighted by atomic mass is 9.75. The molecule has 2 aliphatic carbocycles. The fourth-order valence-electron chi connectivity index (χ4n) is 5.49. The van der Waals surface area contributed by atoms with E-state index in [0.29, 0.717) is 35.5 Å². The van der Waals surface area contributed by atoms with E-state index < -0.39 is 13.1 Å². The minimum Gasteiger partial charge on any atom is -0.459 e. The largest absolute Gasteiger partial charge is 0.459 e. The lowest BCUT2D eigenvalue weighted by Crippen LogP contribution is -2.38. The summed E-state index contributed by atoms with van der Waals surface area (Å²) in [6.07, 6.45) is 6.16. The Labute approximate surface area is 200 Å². The molecule has 0 amide bonds. The number of carbonyl (C=O) groups excluding carboxylic acids is 2. The first-order chi connectivity index (χ1) is 14.3. The third-order valence-corrected chi connectivity index (χ3v) is 9.75. The molecule has 32 heavy (non-hydrogen) atoms. The zero-order valence-electron chi connectivity index (χ0n) is 22.0. The van der Waals surface area contributed by atoms with E-state index in [-0.39, 0.29) is 32.0 Å². The number of ether oxygens (including phenoxy) is 2. The van der Waals surface area contributed by atoms with Crippen LogP contribution in [-0.4, -0.2) is 37.2 Å². The minimum atomic E-state index is -1.70. The molecule has 0 aliphatic heterocycles. The summed E-state index contributed by atoms with van der Waals surface area (Å²) in [6.45, 7) is 19.2. The molecule has 4 nitrogen and oxygen atoms in total. The van der Waals surface area contributed by atoms with Crippen LogP contribution in [0.25, 0.3) is 0 Å². The van der Waals surface area contributed by atoms with Crippen LogP contribution in [-0.2, 0) is 9.47 Å². The normalized spacial score (nSPS) is 31.4. The number of hydrogen-bond acceptors (Lipinski definition) is 4. The highest BCUT2D eigenvalue weighted by Crippen LogP contribution is 2.54. The molecular weight excluding hydrogens is 418 g/mol. The predicted molar refractivity (Wildman–Crippen MR) is 136 cm³/mol. The summed E-state index contributed by atoms with van der Waals surface area (Å²) in [7, 11) is -1.70. The third-order valence-electron chi connectivity index (χ3n) is 7.46. The molecular formula is C26H47BO4P. The van der Waals surface area contributed by atoms with Crippen LogP contribution in [0.5, 0.6) is 0 Å². The molecule has 0 heterocycles. The van der Waals surface area contributed by atoms with E-state index in [4.69, 9.17) is 9.47 Å². The van der Waals surface area contributed by atoms with Gasteiger partial charge in [-0.25, -0.2) is 9.59 Å². The smallest absolute Gasteiger partial charge is 0.338 e. The molecule has 0 aromatic heterocycles. The quantitative estimate of drug-likeness (QED) is 0.294. The molecule has 6 heteroatoms. The van der Waals surface area contributed by atoms with Crippen molar-refractivity contribution in [2.75, 3.05) is 0 Å². The SMILES string of the molecule is CC(C)[C@H]1CC[C@H](C)C[C@@H]1OC(=O)P(C(=O)O[C@H]1C[C@@H](C)CC[C@@H]1C(C)C)C(C)(C)C.[B]. The van der Waals surface area contributed by atoms with Gasteiger partial charge in [0.25, 0.3) is 0 Å². The second kappa shape index (κ2) is 12.2. The van der Waals surface area contributed by atoms with Gasteiger partial charge < -0.3 is 9.47 Å². The van der Waals surface area contributed by atoms with Crippen molar-refractivity contribution < 1.29 is 19.1 Å². The van der Waals surface area contributed by atoms with E-state index in [9.17, 15) is 9.59 Å². The summed E-state index contributed by atoms with van der Waals surface area (Å²) in [6, 6.07) is 0. The van der Waals surface area contributed by atoms with Gasteiger partial charge >= 0.3 is 11.4 Å². The lowest BCUT2D eigenvalue weighted by molar-refractivity contribution is 0.0144. The molecule has 2 aliphatic rings. The Balaban J connectivity index is 0.00000512. The van der Waals surface area contributed by atoms with Gasteiger partial charge in [0, 0.05) is 13.6 Å². The van der Waals surface area contributed by atoms with E-state index in [0.717, 1.165) is 25.7 Å². The zero-order chi connectivity index (χ0) is 23.5. The van der Waals surface area contributed by atoms with E-state index in [1.54, 1.807) is 0 Å². The first-order valence-electron chi connectivity index (χ1n) is 12.5. The van der Waals surface area contributed by atoms with Gasteiger partial charge in [0.15, 0.2) is 0 Å². The van der Waals surface area contributed by atoms with Gasteiger partial charge in [0.05, 0.1) is 0 Å². The Morgan fingerprint density at radius 3 is 1.38 bits per heavy atom. The molecule has 0 aromatic rings. The van der Waals surface area contributed by atoms with Gasteiger partial charge in [0.2, 0.25) is 0 Å². The highest BCUT2D eigenvalue weighted by atomic mass is 31.1. The molecule has 0 aromatic carbocycles. The first-order valence-corrected chi connectivity index (χ1v) is 13.9. The standard InChI is InChI=1S/C26H47O4P.B/c1-16(2)20-12-10-18(5)14-22(20)29-24(27)31(26(7,8)9)25(28)30-23-15-19(6)11-13-21(23)17(3)4;/h16-23H,10-15H2,1-9H3;/t18-,19-,20+,21+,22-,23-;/m0./s1. The van der Waals surface area contributed by atoms with Gasteiger partial charge in [-0.3, -0.25) is 0 Å². The Kier molecular flexibility index (Phi) is 11.3. The highest BCUT2D eigenvalue weighted by Gasteiger charge is 2.45. The summed E-state index contributed by atoms with van der Waals surface area (Å²) in [4.78, 5) is 26.8. The second-order valence-electron chi connectivity index (χ2n) is 12.0. The summed E-state index contributed by atoms with van der Waals surface area (Å²) < 4.78 is 12.2. The summed E-state index contributed by atoms with van der Waals surface area (Å²) in [5.41, 5.74) is -0.663. The molecule has 0 N–H and O–H groups in total. The Bertz CT molecular complexity index is 569. The van der Waals surface area contributed by atoms with Crippen molar-refractivity contribution in [2.24, 2.45) is 35.5 Å². The van der Waals surface area contributed by atoms with Crippen molar-refractivity contribution in [3.05, 3.63) is 0 Å². The van der Waals surface area contributed by atoms with Gasteiger partial charge in [-0.15, -0.1) is 0 Å². The lowest BCUT2D eigenvalue weighted by Gasteiger charge is -2.39. The maximum absolute atomic E-state index is 13.4.